The molecule has 2 aromatic carbocycles. The molecular weight excluding hydrogens is 511 g/mol. The molecule has 0 radical (unpaired) electrons. The van der Waals surface area contributed by atoms with Crippen molar-refractivity contribution in [3.05, 3.63) is 77.1 Å². The zero-order chi connectivity index (χ0) is 28.2. The molecule has 4 atom stereocenters. The van der Waals surface area contributed by atoms with Gasteiger partial charge < -0.3 is 15.8 Å². The van der Waals surface area contributed by atoms with Crippen LogP contribution in [0.2, 0.25) is 0 Å². The van der Waals surface area contributed by atoms with Gasteiger partial charge in [0.25, 0.3) is 0 Å². The number of carbonyl (C=O) groups excluding carboxylic acids is 3. The number of fused-ring (bicyclic) bond motifs is 2. The molecule has 5 rings (SSSR count). The Balaban J connectivity index is 1.24. The normalized spacial score (nSPS) is 23.0. The first kappa shape index (κ1) is 27.8. The molecule has 2 heterocycles. The third-order valence-electron chi connectivity index (χ3n) is 8.32. The van der Waals surface area contributed by atoms with E-state index in [1.807, 2.05) is 24.3 Å². The number of nitrogens with two attached hydrogens (primary N) is 1. The van der Waals surface area contributed by atoms with Crippen LogP contribution in [0.3, 0.4) is 0 Å². The lowest BCUT2D eigenvalue weighted by atomic mass is 9.95. The average molecular weight is 549 g/mol. The molecule has 0 unspecified atom stereocenters. The van der Waals surface area contributed by atoms with E-state index in [4.69, 9.17) is 10.5 Å². The highest BCUT2D eigenvalue weighted by Gasteiger charge is 2.52. The Hall–Kier alpha value is -3.72. The van der Waals surface area contributed by atoms with Gasteiger partial charge in [-0.15, -0.1) is 0 Å². The minimum atomic E-state index is -1.11. The minimum Gasteiger partial charge on any atom is -0.450 e. The zero-order valence-electron chi connectivity index (χ0n) is 22.9. The fraction of sp³-hybridized carbons (Fsp3) is 0.452. The third kappa shape index (κ3) is 6.04. The SMILES string of the molecule is CCOC(=O)N1[C@@H]2CC[C@@H](C2)[C@H]1C(=O)N[C@@H](Cc1ccc(C2=CCCN(Cc3ccccc3)C2)cc1F)C(N)=O. The van der Waals surface area contributed by atoms with Crippen molar-refractivity contribution >= 4 is 23.5 Å². The first-order valence-electron chi connectivity index (χ1n) is 14.1. The lowest BCUT2D eigenvalue weighted by Crippen LogP contribution is -2.57. The molecule has 3 N–H and O–H groups in total. The highest BCUT2D eigenvalue weighted by atomic mass is 19.1. The van der Waals surface area contributed by atoms with Crippen molar-refractivity contribution < 1.29 is 23.5 Å². The summed E-state index contributed by atoms with van der Waals surface area (Å²) in [7, 11) is 0. The summed E-state index contributed by atoms with van der Waals surface area (Å²) >= 11 is 0. The molecule has 2 aromatic rings. The summed E-state index contributed by atoms with van der Waals surface area (Å²) < 4.78 is 20.5. The molecule has 2 bridgehead atoms. The second-order valence-corrected chi connectivity index (χ2v) is 11.0. The molecule has 3 aliphatic rings. The van der Waals surface area contributed by atoms with Gasteiger partial charge in [0.1, 0.15) is 17.9 Å². The quantitative estimate of drug-likeness (QED) is 0.498. The van der Waals surface area contributed by atoms with Crippen LogP contribution in [0.1, 0.15) is 49.3 Å². The lowest BCUT2D eigenvalue weighted by Gasteiger charge is -2.34. The molecule has 212 valence electrons. The Morgan fingerprint density at radius 2 is 1.95 bits per heavy atom. The van der Waals surface area contributed by atoms with Crippen LogP contribution >= 0.6 is 0 Å². The average Bonchev–Trinajstić information content (AvgIpc) is 3.57. The van der Waals surface area contributed by atoms with Gasteiger partial charge in [-0.2, -0.15) is 0 Å². The number of nitrogens with one attached hydrogen (secondary N) is 1. The van der Waals surface area contributed by atoms with Crippen molar-refractivity contribution in [1.82, 2.24) is 15.1 Å². The summed E-state index contributed by atoms with van der Waals surface area (Å²) in [5, 5.41) is 2.71. The summed E-state index contributed by atoms with van der Waals surface area (Å²) in [4.78, 5) is 42.0. The monoisotopic (exact) mass is 548 g/mol. The number of likely N-dealkylation sites (tertiary alicyclic amines) is 1. The van der Waals surface area contributed by atoms with Gasteiger partial charge in [-0.3, -0.25) is 19.4 Å². The third-order valence-corrected chi connectivity index (χ3v) is 8.32. The molecule has 1 aliphatic carbocycles. The maximum absolute atomic E-state index is 15.3. The number of hydrogen-bond acceptors (Lipinski definition) is 5. The number of amides is 3. The van der Waals surface area contributed by atoms with E-state index in [0.717, 1.165) is 49.9 Å². The second-order valence-electron chi connectivity index (χ2n) is 11.0. The molecule has 0 aromatic heterocycles. The summed E-state index contributed by atoms with van der Waals surface area (Å²) in [6.45, 7) is 4.41. The topological polar surface area (TPSA) is 105 Å². The number of primary amides is 1. The molecule has 1 saturated carbocycles. The maximum Gasteiger partial charge on any atom is 0.410 e. The van der Waals surface area contributed by atoms with E-state index >= 15 is 4.39 Å². The van der Waals surface area contributed by atoms with Crippen LogP contribution in [0.25, 0.3) is 5.57 Å². The number of halogens is 1. The molecule has 2 fully saturated rings. The lowest BCUT2D eigenvalue weighted by molar-refractivity contribution is -0.131. The fourth-order valence-corrected chi connectivity index (χ4v) is 6.39. The minimum absolute atomic E-state index is 0.00387. The number of ether oxygens (including phenoxy) is 1. The van der Waals surface area contributed by atoms with Crippen LogP contribution in [0, 0.1) is 11.7 Å². The molecule has 8 nitrogen and oxygen atoms in total. The van der Waals surface area contributed by atoms with Crippen molar-refractivity contribution in [3.8, 4) is 0 Å². The van der Waals surface area contributed by atoms with Crippen LogP contribution in [-0.2, 0) is 27.3 Å². The van der Waals surface area contributed by atoms with Crippen LogP contribution in [0.5, 0.6) is 0 Å². The summed E-state index contributed by atoms with van der Waals surface area (Å²) in [6, 6.07) is 13.4. The van der Waals surface area contributed by atoms with Crippen LogP contribution in [-0.4, -0.2) is 65.5 Å². The van der Waals surface area contributed by atoms with Gasteiger partial charge in [0.2, 0.25) is 11.8 Å². The Morgan fingerprint density at radius 3 is 2.67 bits per heavy atom. The number of rotatable bonds is 9. The molecule has 40 heavy (non-hydrogen) atoms. The van der Waals surface area contributed by atoms with Gasteiger partial charge in [0, 0.05) is 32.1 Å². The van der Waals surface area contributed by atoms with Gasteiger partial charge >= 0.3 is 6.09 Å². The summed E-state index contributed by atoms with van der Waals surface area (Å²) in [5.41, 5.74) is 9.01. The van der Waals surface area contributed by atoms with Crippen LogP contribution < -0.4 is 11.1 Å². The number of nitrogens with zero attached hydrogens (tertiary/aromatic N) is 2. The molecule has 1 saturated heterocycles. The van der Waals surface area contributed by atoms with Crippen LogP contribution in [0.15, 0.2) is 54.6 Å². The van der Waals surface area contributed by atoms with E-state index in [1.165, 1.54) is 16.5 Å². The van der Waals surface area contributed by atoms with Gasteiger partial charge in [0.05, 0.1) is 6.61 Å². The van der Waals surface area contributed by atoms with Crippen molar-refractivity contribution in [2.75, 3.05) is 19.7 Å². The van der Waals surface area contributed by atoms with Crippen LogP contribution in [0.4, 0.5) is 9.18 Å². The van der Waals surface area contributed by atoms with Gasteiger partial charge in [-0.05, 0) is 66.9 Å². The van der Waals surface area contributed by atoms with E-state index in [1.54, 1.807) is 13.0 Å². The molecule has 9 heteroatoms. The van der Waals surface area contributed by atoms with Gasteiger partial charge in [-0.1, -0.05) is 48.5 Å². The van der Waals surface area contributed by atoms with E-state index in [9.17, 15) is 14.4 Å². The Kier molecular flexibility index (Phi) is 8.49. The van der Waals surface area contributed by atoms with E-state index < -0.39 is 35.8 Å². The van der Waals surface area contributed by atoms with Crippen molar-refractivity contribution in [1.29, 1.82) is 0 Å². The predicted octanol–water partition coefficient (Wildman–Crippen LogP) is 3.64. The van der Waals surface area contributed by atoms with Crippen molar-refractivity contribution in [2.24, 2.45) is 11.7 Å². The first-order chi connectivity index (χ1) is 19.3. The van der Waals surface area contributed by atoms with E-state index in [2.05, 4.69) is 28.4 Å². The second kappa shape index (κ2) is 12.2. The molecular formula is C31H37FN4O4. The summed E-state index contributed by atoms with van der Waals surface area (Å²) in [6.07, 6.45) is 4.81. The Bertz CT molecular complexity index is 1280. The van der Waals surface area contributed by atoms with E-state index in [0.29, 0.717) is 12.1 Å². The van der Waals surface area contributed by atoms with E-state index in [-0.39, 0.29) is 25.0 Å². The number of hydrogen-bond donors (Lipinski definition) is 2. The summed E-state index contributed by atoms with van der Waals surface area (Å²) in [5.74, 6) is -1.66. The first-order valence-corrected chi connectivity index (χ1v) is 14.1. The molecule has 0 spiro atoms. The largest absolute Gasteiger partial charge is 0.450 e. The zero-order valence-corrected chi connectivity index (χ0v) is 22.9. The number of benzene rings is 2. The Labute approximate surface area is 234 Å². The highest BCUT2D eigenvalue weighted by molar-refractivity contribution is 5.91. The Morgan fingerprint density at radius 1 is 1.15 bits per heavy atom. The number of carbonyl (C=O) groups is 3. The van der Waals surface area contributed by atoms with Gasteiger partial charge in [0.15, 0.2) is 0 Å². The molecule has 3 amide bonds. The number of piperidine rings is 1. The fourth-order valence-electron chi connectivity index (χ4n) is 6.39. The highest BCUT2D eigenvalue weighted by Crippen LogP contribution is 2.43. The van der Waals surface area contributed by atoms with Crippen molar-refractivity contribution in [3.63, 3.8) is 0 Å². The predicted molar refractivity (Wildman–Crippen MR) is 149 cm³/mol. The van der Waals surface area contributed by atoms with Crippen molar-refractivity contribution in [2.45, 2.75) is 63.7 Å². The maximum atomic E-state index is 15.3. The van der Waals surface area contributed by atoms with Gasteiger partial charge in [-0.25, -0.2) is 9.18 Å². The standard InChI is InChI=1S/C31H37FN4O4/c1-2-40-31(39)36-25-13-12-23(15-25)28(36)30(38)34-27(29(33)37)17-22-11-10-21(16-26(22)32)24-9-6-14-35(19-24)18-20-7-4-3-5-8-20/h3-5,7-11,16,23,25,27-28H,2,6,12-15,17-19H2,1H3,(H2,33,37)(H,34,38)/t23-,25+,27-,28-/m0/s1. The molecule has 2 aliphatic heterocycles. The smallest absolute Gasteiger partial charge is 0.410 e.